The largest absolute Gasteiger partial charge is 0.370 e. The van der Waals surface area contributed by atoms with Crippen LogP contribution in [0.25, 0.3) is 0 Å². The van der Waals surface area contributed by atoms with E-state index in [1.807, 2.05) is 12.1 Å². The molecule has 3 nitrogen and oxygen atoms in total. The van der Waals surface area contributed by atoms with Crippen LogP contribution >= 0.6 is 46.9 Å². The van der Waals surface area contributed by atoms with Crippen LogP contribution in [0.3, 0.4) is 0 Å². The topological polar surface area (TPSA) is 50.4 Å². The van der Waals surface area contributed by atoms with Gasteiger partial charge in [0, 0.05) is 23.9 Å². The van der Waals surface area contributed by atoms with Crippen molar-refractivity contribution in [3.63, 3.8) is 0 Å². The van der Waals surface area contributed by atoms with Crippen molar-refractivity contribution in [3.8, 4) is 0 Å². The number of hydrogen-bond acceptors (Lipinski definition) is 2. The summed E-state index contributed by atoms with van der Waals surface area (Å²) in [5.41, 5.74) is 5.89. The summed E-state index contributed by atoms with van der Waals surface area (Å²) in [6.07, 6.45) is 7.31. The van der Waals surface area contributed by atoms with Crippen molar-refractivity contribution in [2.45, 2.75) is 44.6 Å². The summed E-state index contributed by atoms with van der Waals surface area (Å²) in [5, 5.41) is 3.32. The second kappa shape index (κ2) is 9.02. The van der Waals surface area contributed by atoms with Crippen LogP contribution in [-0.4, -0.2) is 18.5 Å². The van der Waals surface area contributed by atoms with E-state index in [0.29, 0.717) is 12.0 Å². The van der Waals surface area contributed by atoms with Gasteiger partial charge >= 0.3 is 0 Å². The van der Waals surface area contributed by atoms with E-state index in [9.17, 15) is 0 Å². The lowest BCUT2D eigenvalue weighted by atomic mass is 9.96. The highest BCUT2D eigenvalue weighted by molar-refractivity contribution is 14.0. The maximum absolute atomic E-state index is 5.89. The number of aliphatic imine (C=N–C) groups is 1. The molecule has 19 heavy (non-hydrogen) atoms. The van der Waals surface area contributed by atoms with Gasteiger partial charge in [-0.05, 0) is 25.0 Å². The highest BCUT2D eigenvalue weighted by atomic mass is 127. The molecule has 0 unspecified atom stereocenters. The van der Waals surface area contributed by atoms with E-state index in [0.717, 1.165) is 17.3 Å². The molecule has 0 saturated heterocycles. The Morgan fingerprint density at radius 2 is 2.11 bits per heavy atom. The zero-order valence-corrected chi connectivity index (χ0v) is 14.8. The molecule has 1 aliphatic rings. The maximum atomic E-state index is 5.89. The molecule has 1 aliphatic carbocycles. The maximum Gasteiger partial charge on any atom is 0.188 e. The van der Waals surface area contributed by atoms with Crippen LogP contribution < -0.4 is 11.1 Å². The monoisotopic (exact) mass is 413 g/mol. The van der Waals surface area contributed by atoms with Gasteiger partial charge in [-0.25, -0.2) is 0 Å². The molecule has 0 aromatic carbocycles. The number of nitrogens with zero attached hydrogens (tertiary/aromatic N) is 1. The zero-order valence-electron chi connectivity index (χ0n) is 10.9. The molecule has 1 aromatic heterocycles. The first-order valence-electron chi connectivity index (χ1n) is 6.55. The van der Waals surface area contributed by atoms with Crippen LogP contribution in [0.2, 0.25) is 4.34 Å². The van der Waals surface area contributed by atoms with Crippen molar-refractivity contribution in [2.75, 3.05) is 6.54 Å². The molecule has 1 aromatic rings. The fourth-order valence-electron chi connectivity index (χ4n) is 2.27. The molecule has 0 aliphatic heterocycles. The van der Waals surface area contributed by atoms with Gasteiger partial charge in [0.25, 0.3) is 0 Å². The standard InChI is InChI=1S/C13H20ClN3S.HI/c14-12-7-6-11(18-12)8-9-16-13(15)17-10-4-2-1-3-5-10;/h6-7,10H,1-5,8-9H2,(H3,15,16,17);1H. The number of rotatable bonds is 4. The minimum absolute atomic E-state index is 0. The molecule has 0 radical (unpaired) electrons. The Bertz CT molecular complexity index is 402. The van der Waals surface area contributed by atoms with Crippen LogP contribution in [0, 0.1) is 0 Å². The van der Waals surface area contributed by atoms with Gasteiger partial charge in [0.1, 0.15) is 0 Å². The summed E-state index contributed by atoms with van der Waals surface area (Å²) in [6.45, 7) is 0.725. The first-order valence-corrected chi connectivity index (χ1v) is 7.74. The third kappa shape index (κ3) is 6.31. The summed E-state index contributed by atoms with van der Waals surface area (Å²) in [7, 11) is 0. The molecule has 1 fully saturated rings. The Morgan fingerprint density at radius 1 is 1.37 bits per heavy atom. The lowest BCUT2D eigenvalue weighted by Gasteiger charge is -2.23. The molecule has 2 rings (SSSR count). The van der Waals surface area contributed by atoms with Crippen molar-refractivity contribution in [1.29, 1.82) is 0 Å². The van der Waals surface area contributed by atoms with Crippen molar-refractivity contribution >= 4 is 52.9 Å². The molecule has 3 N–H and O–H groups in total. The van der Waals surface area contributed by atoms with Crippen molar-refractivity contribution in [2.24, 2.45) is 10.7 Å². The fraction of sp³-hybridized carbons (Fsp3) is 0.615. The van der Waals surface area contributed by atoms with E-state index in [1.165, 1.54) is 37.0 Å². The Kier molecular flexibility index (Phi) is 8.09. The number of guanidine groups is 1. The molecule has 0 spiro atoms. The molecule has 6 heteroatoms. The number of nitrogens with one attached hydrogen (secondary N) is 1. The number of halogens is 2. The van der Waals surface area contributed by atoms with Crippen molar-refractivity contribution in [1.82, 2.24) is 5.32 Å². The van der Waals surface area contributed by atoms with E-state index in [-0.39, 0.29) is 24.0 Å². The fourth-order valence-corrected chi connectivity index (χ4v) is 3.35. The smallest absolute Gasteiger partial charge is 0.188 e. The van der Waals surface area contributed by atoms with E-state index in [4.69, 9.17) is 17.3 Å². The summed E-state index contributed by atoms with van der Waals surface area (Å²) in [5.74, 6) is 0.588. The third-order valence-electron chi connectivity index (χ3n) is 3.23. The van der Waals surface area contributed by atoms with E-state index in [2.05, 4.69) is 10.3 Å². The highest BCUT2D eigenvalue weighted by Gasteiger charge is 2.13. The normalized spacial score (nSPS) is 17.0. The highest BCUT2D eigenvalue weighted by Crippen LogP contribution is 2.21. The van der Waals surface area contributed by atoms with E-state index >= 15 is 0 Å². The Hall–Kier alpha value is -0.0100. The number of thiophene rings is 1. The second-order valence-electron chi connectivity index (χ2n) is 4.70. The average Bonchev–Trinajstić information content (AvgIpc) is 2.76. The predicted octanol–water partition coefficient (Wildman–Crippen LogP) is 3.80. The van der Waals surface area contributed by atoms with Crippen LogP contribution in [0.1, 0.15) is 37.0 Å². The van der Waals surface area contributed by atoms with Gasteiger partial charge in [-0.15, -0.1) is 35.3 Å². The zero-order chi connectivity index (χ0) is 12.8. The van der Waals surface area contributed by atoms with Crippen molar-refractivity contribution in [3.05, 3.63) is 21.3 Å². The molecule has 108 valence electrons. The van der Waals surface area contributed by atoms with Gasteiger partial charge in [0.15, 0.2) is 5.96 Å². The van der Waals surface area contributed by atoms with Crippen LogP contribution in [0.15, 0.2) is 17.1 Å². The van der Waals surface area contributed by atoms with Gasteiger partial charge in [0.05, 0.1) is 4.34 Å². The Balaban J connectivity index is 0.00000180. The van der Waals surface area contributed by atoms with E-state index in [1.54, 1.807) is 11.3 Å². The third-order valence-corrected chi connectivity index (χ3v) is 4.52. The lowest BCUT2D eigenvalue weighted by molar-refractivity contribution is 0.412. The van der Waals surface area contributed by atoms with Crippen molar-refractivity contribution < 1.29 is 0 Å². The summed E-state index contributed by atoms with van der Waals surface area (Å²) in [4.78, 5) is 5.63. The van der Waals surface area contributed by atoms with Crippen LogP contribution in [0.4, 0.5) is 0 Å². The predicted molar refractivity (Wildman–Crippen MR) is 94.9 cm³/mol. The minimum atomic E-state index is 0. The Labute approximate surface area is 141 Å². The average molecular weight is 414 g/mol. The van der Waals surface area contributed by atoms with Gasteiger partial charge < -0.3 is 11.1 Å². The first kappa shape index (κ1) is 17.0. The molecule has 1 heterocycles. The van der Waals surface area contributed by atoms with Crippen LogP contribution in [0.5, 0.6) is 0 Å². The quantitative estimate of drug-likeness (QED) is 0.448. The molecule has 0 amide bonds. The van der Waals surface area contributed by atoms with Crippen LogP contribution in [-0.2, 0) is 6.42 Å². The lowest BCUT2D eigenvalue weighted by Crippen LogP contribution is -2.41. The summed E-state index contributed by atoms with van der Waals surface area (Å²) >= 11 is 7.49. The number of hydrogen-bond donors (Lipinski definition) is 2. The SMILES string of the molecule is I.NC(=NCCc1ccc(Cl)s1)NC1CCCCC1. The molecular formula is C13H21ClIN3S. The Morgan fingerprint density at radius 3 is 2.74 bits per heavy atom. The molecule has 1 saturated carbocycles. The number of nitrogens with two attached hydrogens (primary N) is 1. The summed E-state index contributed by atoms with van der Waals surface area (Å²) < 4.78 is 0.835. The van der Waals surface area contributed by atoms with Gasteiger partial charge in [-0.2, -0.15) is 0 Å². The van der Waals surface area contributed by atoms with Gasteiger partial charge in [0.2, 0.25) is 0 Å². The molecule has 0 bridgehead atoms. The summed E-state index contributed by atoms with van der Waals surface area (Å²) in [6, 6.07) is 4.50. The molecule has 0 atom stereocenters. The minimum Gasteiger partial charge on any atom is -0.370 e. The van der Waals surface area contributed by atoms with Gasteiger partial charge in [-0.3, -0.25) is 4.99 Å². The van der Waals surface area contributed by atoms with E-state index < -0.39 is 0 Å². The first-order chi connectivity index (χ1) is 8.74. The molecular weight excluding hydrogens is 393 g/mol. The van der Waals surface area contributed by atoms with Gasteiger partial charge in [-0.1, -0.05) is 30.9 Å². The second-order valence-corrected chi connectivity index (χ2v) is 6.50.